The maximum absolute atomic E-state index is 5.60. The monoisotopic (exact) mass is 291 g/mol. The van der Waals surface area contributed by atoms with Crippen LogP contribution in [-0.2, 0) is 0 Å². The van der Waals surface area contributed by atoms with Gasteiger partial charge in [-0.15, -0.1) is 0 Å². The Morgan fingerprint density at radius 1 is 1.35 bits per heavy atom. The molecule has 2 aromatic rings. The molecule has 1 aromatic carbocycles. The summed E-state index contributed by atoms with van der Waals surface area (Å²) in [6, 6.07) is 8.61. The Balaban J connectivity index is 1.92. The van der Waals surface area contributed by atoms with Gasteiger partial charge in [0.05, 0.1) is 6.61 Å². The number of nitrogens with zero attached hydrogens (tertiary/aromatic N) is 1. The molecule has 0 aliphatic heterocycles. The van der Waals surface area contributed by atoms with Gasteiger partial charge in [-0.1, -0.05) is 30.8 Å². The summed E-state index contributed by atoms with van der Waals surface area (Å²) in [5.41, 5.74) is 1.26. The van der Waals surface area contributed by atoms with Crippen LogP contribution in [0.3, 0.4) is 0 Å². The third-order valence-electron chi connectivity index (χ3n) is 2.96. The van der Waals surface area contributed by atoms with Crippen LogP contribution in [0.5, 0.6) is 5.75 Å². The topological polar surface area (TPSA) is 49.9 Å². The predicted octanol–water partition coefficient (Wildman–Crippen LogP) is 3.25. The Morgan fingerprint density at radius 3 is 2.75 bits per heavy atom. The molecule has 108 valence electrons. The molecule has 0 saturated carbocycles. The van der Waals surface area contributed by atoms with Gasteiger partial charge in [0, 0.05) is 24.2 Å². The van der Waals surface area contributed by atoms with Crippen molar-refractivity contribution >= 4 is 11.8 Å². The van der Waals surface area contributed by atoms with Crippen LogP contribution in [0.15, 0.2) is 41.8 Å². The third kappa shape index (κ3) is 4.28. The lowest BCUT2D eigenvalue weighted by atomic mass is 10.1. The number of thioether (sulfide) groups is 1. The molecule has 0 saturated heterocycles. The minimum Gasteiger partial charge on any atom is -0.494 e. The summed E-state index contributed by atoms with van der Waals surface area (Å²) < 4.78 is 5.60. The van der Waals surface area contributed by atoms with Crippen molar-refractivity contribution in [2.75, 3.05) is 19.4 Å². The van der Waals surface area contributed by atoms with E-state index >= 15 is 0 Å². The minimum absolute atomic E-state index is 0.297. The number of benzene rings is 1. The summed E-state index contributed by atoms with van der Waals surface area (Å²) in [5.74, 6) is 1.86. The summed E-state index contributed by atoms with van der Waals surface area (Å²) >= 11 is 1.71. The molecule has 0 fully saturated rings. The van der Waals surface area contributed by atoms with E-state index in [2.05, 4.69) is 34.3 Å². The average Bonchev–Trinajstić information content (AvgIpc) is 3.00. The quantitative estimate of drug-likeness (QED) is 0.733. The second-order valence-corrected chi connectivity index (χ2v) is 5.47. The lowest BCUT2D eigenvalue weighted by Crippen LogP contribution is -2.18. The Kier molecular flexibility index (Phi) is 5.95. The zero-order chi connectivity index (χ0) is 14.2. The number of hydrogen-bond acceptors (Lipinski definition) is 4. The molecule has 0 bridgehead atoms. The van der Waals surface area contributed by atoms with Crippen molar-refractivity contribution in [3.05, 3.63) is 42.2 Å². The fourth-order valence-corrected chi connectivity index (χ4v) is 2.82. The van der Waals surface area contributed by atoms with Crippen LogP contribution in [0.4, 0.5) is 0 Å². The summed E-state index contributed by atoms with van der Waals surface area (Å²) in [6.45, 7) is 2.88. The predicted molar refractivity (Wildman–Crippen MR) is 83.3 cm³/mol. The van der Waals surface area contributed by atoms with Crippen LogP contribution in [0.25, 0.3) is 0 Å². The summed E-state index contributed by atoms with van der Waals surface area (Å²) in [7, 11) is 1.98. The number of nitrogens with one attached hydrogen (secondary N) is 2. The van der Waals surface area contributed by atoms with Crippen molar-refractivity contribution < 1.29 is 4.74 Å². The molecule has 0 amide bonds. The van der Waals surface area contributed by atoms with Gasteiger partial charge in [0.2, 0.25) is 0 Å². The number of H-pyrrole nitrogens is 1. The molecule has 0 aliphatic carbocycles. The molecule has 0 aliphatic rings. The van der Waals surface area contributed by atoms with E-state index in [-0.39, 0.29) is 0 Å². The summed E-state index contributed by atoms with van der Waals surface area (Å²) in [4.78, 5) is 7.33. The lowest BCUT2D eigenvalue weighted by Gasteiger charge is -2.16. The van der Waals surface area contributed by atoms with Gasteiger partial charge in [-0.2, -0.15) is 0 Å². The van der Waals surface area contributed by atoms with Crippen molar-refractivity contribution in [1.82, 2.24) is 15.3 Å². The number of aromatic amines is 1. The second-order valence-electron chi connectivity index (χ2n) is 4.46. The second kappa shape index (κ2) is 7.97. The smallest absolute Gasteiger partial charge is 0.165 e. The van der Waals surface area contributed by atoms with E-state index < -0.39 is 0 Å². The average molecular weight is 291 g/mol. The fourth-order valence-electron chi connectivity index (χ4n) is 1.85. The number of aromatic nitrogens is 2. The Bertz CT molecular complexity index is 484. The fraction of sp³-hybridized carbons (Fsp3) is 0.400. The van der Waals surface area contributed by atoms with Gasteiger partial charge in [0.1, 0.15) is 5.75 Å². The first-order chi connectivity index (χ1) is 9.83. The van der Waals surface area contributed by atoms with Gasteiger partial charge in [0.15, 0.2) is 5.16 Å². The van der Waals surface area contributed by atoms with Crippen molar-refractivity contribution in [1.29, 1.82) is 0 Å². The van der Waals surface area contributed by atoms with E-state index in [1.54, 1.807) is 18.0 Å². The molecule has 20 heavy (non-hydrogen) atoms. The van der Waals surface area contributed by atoms with Crippen LogP contribution in [-0.4, -0.2) is 29.4 Å². The van der Waals surface area contributed by atoms with Crippen LogP contribution < -0.4 is 10.1 Å². The molecular formula is C15H21N3OS. The van der Waals surface area contributed by atoms with Crippen LogP contribution in [0, 0.1) is 0 Å². The molecule has 1 unspecified atom stereocenters. The standard InChI is InChI=1S/C15H21N3OS/c1-3-10-19-13-6-4-12(5-7-13)14(16-2)11-20-15-17-8-9-18-15/h4-9,14,16H,3,10-11H2,1-2H3,(H,17,18). The van der Waals surface area contributed by atoms with E-state index in [0.717, 1.165) is 29.7 Å². The highest BCUT2D eigenvalue weighted by molar-refractivity contribution is 7.99. The number of ether oxygens (including phenoxy) is 1. The first kappa shape index (κ1) is 14.9. The maximum atomic E-state index is 5.60. The summed E-state index contributed by atoms with van der Waals surface area (Å²) in [6.07, 6.45) is 4.65. The molecule has 4 nitrogen and oxygen atoms in total. The van der Waals surface area contributed by atoms with Crippen LogP contribution >= 0.6 is 11.8 Å². The first-order valence-electron chi connectivity index (χ1n) is 6.85. The molecule has 1 atom stereocenters. The van der Waals surface area contributed by atoms with Crippen molar-refractivity contribution in [3.8, 4) is 5.75 Å². The summed E-state index contributed by atoms with van der Waals surface area (Å²) in [5, 5.41) is 4.29. The normalized spacial score (nSPS) is 12.3. The van der Waals surface area contributed by atoms with Gasteiger partial charge < -0.3 is 15.0 Å². The van der Waals surface area contributed by atoms with Gasteiger partial charge in [-0.25, -0.2) is 4.98 Å². The zero-order valence-corrected chi connectivity index (χ0v) is 12.7. The molecule has 1 heterocycles. The molecule has 2 N–H and O–H groups in total. The van der Waals surface area contributed by atoms with E-state index in [9.17, 15) is 0 Å². The Hall–Kier alpha value is -1.46. The number of imidazole rings is 1. The number of hydrogen-bond donors (Lipinski definition) is 2. The van der Waals surface area contributed by atoms with E-state index in [4.69, 9.17) is 4.74 Å². The first-order valence-corrected chi connectivity index (χ1v) is 7.84. The molecule has 2 rings (SSSR count). The van der Waals surface area contributed by atoms with Gasteiger partial charge in [-0.05, 0) is 31.2 Å². The van der Waals surface area contributed by atoms with Crippen LogP contribution in [0.1, 0.15) is 24.9 Å². The highest BCUT2D eigenvalue weighted by Crippen LogP contribution is 2.23. The van der Waals surface area contributed by atoms with E-state index in [0.29, 0.717) is 6.04 Å². The molecule has 0 spiro atoms. The highest BCUT2D eigenvalue weighted by atomic mass is 32.2. The third-order valence-corrected chi connectivity index (χ3v) is 3.96. The minimum atomic E-state index is 0.297. The Labute approximate surface area is 124 Å². The largest absolute Gasteiger partial charge is 0.494 e. The van der Waals surface area contributed by atoms with E-state index in [1.165, 1.54) is 5.56 Å². The number of rotatable bonds is 8. The highest BCUT2D eigenvalue weighted by Gasteiger charge is 2.10. The SMILES string of the molecule is CCCOc1ccc(C(CSc2ncc[nH]2)NC)cc1. The van der Waals surface area contributed by atoms with Crippen molar-refractivity contribution in [3.63, 3.8) is 0 Å². The molecule has 1 aromatic heterocycles. The van der Waals surface area contributed by atoms with Crippen molar-refractivity contribution in [2.24, 2.45) is 0 Å². The van der Waals surface area contributed by atoms with E-state index in [1.807, 2.05) is 25.4 Å². The molecule has 0 radical (unpaired) electrons. The van der Waals surface area contributed by atoms with Crippen molar-refractivity contribution in [2.45, 2.75) is 24.5 Å². The Morgan fingerprint density at radius 2 is 2.15 bits per heavy atom. The molecule has 5 heteroatoms. The lowest BCUT2D eigenvalue weighted by molar-refractivity contribution is 0.317. The zero-order valence-electron chi connectivity index (χ0n) is 11.9. The van der Waals surface area contributed by atoms with Crippen LogP contribution in [0.2, 0.25) is 0 Å². The van der Waals surface area contributed by atoms with Gasteiger partial charge >= 0.3 is 0 Å². The maximum Gasteiger partial charge on any atom is 0.165 e. The van der Waals surface area contributed by atoms with Gasteiger partial charge in [-0.3, -0.25) is 0 Å². The van der Waals surface area contributed by atoms with Gasteiger partial charge in [0.25, 0.3) is 0 Å². The molecular weight excluding hydrogens is 270 g/mol.